The molecule has 7 nitrogen and oxygen atoms in total. The van der Waals surface area contributed by atoms with Gasteiger partial charge in [0.25, 0.3) is 11.5 Å². The molecule has 1 aliphatic heterocycles. The number of thiophene rings is 1. The summed E-state index contributed by atoms with van der Waals surface area (Å²) in [4.78, 5) is 41.8. The summed E-state index contributed by atoms with van der Waals surface area (Å²) in [7, 11) is 0. The maximum absolute atomic E-state index is 12.7. The van der Waals surface area contributed by atoms with Gasteiger partial charge in [0.2, 0.25) is 0 Å². The lowest BCUT2D eigenvalue weighted by Crippen LogP contribution is -2.40. The van der Waals surface area contributed by atoms with Gasteiger partial charge < -0.3 is 15.6 Å². The number of rotatable bonds is 1. The number of aromatic nitrogens is 2. The number of amides is 1. The Morgan fingerprint density at radius 3 is 2.58 bits per heavy atom. The van der Waals surface area contributed by atoms with Crippen LogP contribution in [0.4, 0.5) is 5.00 Å². The van der Waals surface area contributed by atoms with Crippen molar-refractivity contribution in [3.8, 4) is 0 Å². The van der Waals surface area contributed by atoms with Gasteiger partial charge in [0.1, 0.15) is 11.2 Å². The third-order valence-corrected chi connectivity index (χ3v) is 6.55. The predicted octanol–water partition coefficient (Wildman–Crippen LogP) is 2.13. The van der Waals surface area contributed by atoms with Crippen LogP contribution in [-0.4, -0.2) is 15.9 Å². The SMILES string of the molecule is CC(C)(C)C1CCc2c(sc3c2C(=O)NC(c2cc(=O)[nH]c(=O)[nH]2)N3)C1. The van der Waals surface area contributed by atoms with Crippen LogP contribution in [0.5, 0.6) is 0 Å². The molecule has 0 fully saturated rings. The lowest BCUT2D eigenvalue weighted by atomic mass is 9.72. The van der Waals surface area contributed by atoms with Gasteiger partial charge in [0, 0.05) is 10.9 Å². The van der Waals surface area contributed by atoms with Crippen LogP contribution in [0.2, 0.25) is 0 Å². The quantitative estimate of drug-likeness (QED) is 0.613. The third kappa shape index (κ3) is 2.88. The zero-order valence-electron chi connectivity index (χ0n) is 15.0. The highest BCUT2D eigenvalue weighted by Gasteiger charge is 2.36. The molecule has 2 aromatic rings. The highest BCUT2D eigenvalue weighted by Crippen LogP contribution is 2.45. The maximum atomic E-state index is 12.7. The van der Waals surface area contributed by atoms with Gasteiger partial charge in [0.05, 0.1) is 11.3 Å². The number of hydrogen-bond donors (Lipinski definition) is 4. The van der Waals surface area contributed by atoms with Gasteiger partial charge in [-0.3, -0.25) is 14.6 Å². The van der Waals surface area contributed by atoms with Crippen molar-refractivity contribution in [3.63, 3.8) is 0 Å². The van der Waals surface area contributed by atoms with Crippen LogP contribution < -0.4 is 21.9 Å². The number of fused-ring (bicyclic) bond motifs is 3. The number of carbonyl (C=O) groups is 1. The number of carbonyl (C=O) groups excluding carboxylic acids is 1. The predicted molar refractivity (Wildman–Crippen MR) is 101 cm³/mol. The van der Waals surface area contributed by atoms with Crippen LogP contribution in [0.15, 0.2) is 15.7 Å². The molecule has 0 aromatic carbocycles. The Hall–Kier alpha value is -2.35. The van der Waals surface area contributed by atoms with E-state index in [1.807, 2.05) is 0 Å². The molecule has 0 bridgehead atoms. The molecule has 0 saturated carbocycles. The second-order valence-electron chi connectivity index (χ2n) is 8.11. The van der Waals surface area contributed by atoms with Crippen molar-refractivity contribution in [1.29, 1.82) is 0 Å². The van der Waals surface area contributed by atoms with E-state index >= 15 is 0 Å². The van der Waals surface area contributed by atoms with E-state index in [-0.39, 0.29) is 11.3 Å². The summed E-state index contributed by atoms with van der Waals surface area (Å²) in [6.45, 7) is 6.79. The second kappa shape index (κ2) is 5.84. The van der Waals surface area contributed by atoms with Crippen molar-refractivity contribution in [2.75, 3.05) is 5.32 Å². The Kier molecular flexibility index (Phi) is 3.83. The van der Waals surface area contributed by atoms with E-state index < -0.39 is 17.4 Å². The first kappa shape index (κ1) is 17.1. The van der Waals surface area contributed by atoms with E-state index in [1.54, 1.807) is 11.3 Å². The first-order chi connectivity index (χ1) is 12.2. The van der Waals surface area contributed by atoms with Gasteiger partial charge in [-0.25, -0.2) is 4.79 Å². The fourth-order valence-corrected chi connectivity index (χ4v) is 5.19. The van der Waals surface area contributed by atoms with Gasteiger partial charge >= 0.3 is 5.69 Å². The van der Waals surface area contributed by atoms with E-state index in [1.165, 1.54) is 10.9 Å². The molecule has 0 spiro atoms. The van der Waals surface area contributed by atoms with Crippen molar-refractivity contribution < 1.29 is 4.79 Å². The number of aromatic amines is 2. The molecule has 4 N–H and O–H groups in total. The molecule has 26 heavy (non-hydrogen) atoms. The summed E-state index contributed by atoms with van der Waals surface area (Å²) in [6, 6.07) is 1.29. The Balaban J connectivity index is 1.68. The molecule has 2 aliphatic rings. The van der Waals surface area contributed by atoms with Crippen LogP contribution in [-0.2, 0) is 12.8 Å². The molecule has 2 aromatic heterocycles. The molecule has 4 rings (SSSR count). The minimum atomic E-state index is -0.622. The summed E-state index contributed by atoms with van der Waals surface area (Å²) in [5.41, 5.74) is 1.37. The molecular weight excluding hydrogens is 352 g/mol. The topological polar surface area (TPSA) is 107 Å². The number of anilines is 1. The van der Waals surface area contributed by atoms with Gasteiger partial charge in [-0.15, -0.1) is 11.3 Å². The number of H-pyrrole nitrogens is 2. The first-order valence-electron chi connectivity index (χ1n) is 8.78. The summed E-state index contributed by atoms with van der Waals surface area (Å²) in [5, 5.41) is 6.95. The molecule has 0 saturated heterocycles. The van der Waals surface area contributed by atoms with Gasteiger partial charge in [-0.2, -0.15) is 0 Å². The molecule has 2 unspecified atom stereocenters. The lowest BCUT2D eigenvalue weighted by molar-refractivity contribution is 0.0934. The van der Waals surface area contributed by atoms with Crippen molar-refractivity contribution in [2.45, 2.75) is 46.2 Å². The lowest BCUT2D eigenvalue weighted by Gasteiger charge is -2.34. The van der Waals surface area contributed by atoms with E-state index in [4.69, 9.17) is 0 Å². The fraction of sp³-hybridized carbons (Fsp3) is 0.500. The van der Waals surface area contributed by atoms with E-state index in [0.29, 0.717) is 11.6 Å². The highest BCUT2D eigenvalue weighted by atomic mass is 32.1. The monoisotopic (exact) mass is 374 g/mol. The highest BCUT2D eigenvalue weighted by molar-refractivity contribution is 7.16. The van der Waals surface area contributed by atoms with Crippen molar-refractivity contribution in [2.24, 2.45) is 11.3 Å². The van der Waals surface area contributed by atoms with Crippen LogP contribution in [0.3, 0.4) is 0 Å². The van der Waals surface area contributed by atoms with Crippen LogP contribution >= 0.6 is 11.3 Å². The van der Waals surface area contributed by atoms with Crippen molar-refractivity contribution >= 4 is 22.2 Å². The second-order valence-corrected chi connectivity index (χ2v) is 9.21. The molecule has 8 heteroatoms. The summed E-state index contributed by atoms with van der Waals surface area (Å²) in [6.07, 6.45) is 2.35. The van der Waals surface area contributed by atoms with E-state index in [0.717, 1.165) is 35.4 Å². The smallest absolute Gasteiger partial charge is 0.326 e. The Morgan fingerprint density at radius 2 is 1.88 bits per heavy atom. The largest absolute Gasteiger partial charge is 0.351 e. The maximum Gasteiger partial charge on any atom is 0.326 e. The molecule has 1 aliphatic carbocycles. The molecular formula is C18H22N4O3S. The third-order valence-electron chi connectivity index (χ3n) is 5.36. The zero-order valence-corrected chi connectivity index (χ0v) is 15.8. The van der Waals surface area contributed by atoms with Gasteiger partial charge in [-0.05, 0) is 36.2 Å². The molecule has 1 amide bonds. The Morgan fingerprint density at radius 1 is 1.12 bits per heavy atom. The molecule has 0 radical (unpaired) electrons. The average Bonchev–Trinajstić information content (AvgIpc) is 2.90. The van der Waals surface area contributed by atoms with E-state index in [2.05, 4.69) is 41.4 Å². The molecule has 138 valence electrons. The summed E-state index contributed by atoms with van der Waals surface area (Å²) >= 11 is 1.62. The van der Waals surface area contributed by atoms with Gasteiger partial charge in [-0.1, -0.05) is 20.8 Å². The minimum absolute atomic E-state index is 0.156. The van der Waals surface area contributed by atoms with Crippen molar-refractivity contribution in [1.82, 2.24) is 15.3 Å². The number of hydrogen-bond acceptors (Lipinski definition) is 5. The van der Waals surface area contributed by atoms with Crippen LogP contribution in [0.1, 0.15) is 59.9 Å². The fourth-order valence-electron chi connectivity index (χ4n) is 3.84. The standard InChI is InChI=1S/C18H22N4O3S/c1-18(2,3)8-4-5-9-11(6-8)26-16-13(9)15(24)21-14(22-16)10-7-12(23)20-17(25)19-10/h7-8,14,22H,4-6H2,1-3H3,(H,21,24)(H2,19,20,23,25). The minimum Gasteiger partial charge on any atom is -0.351 e. The Bertz CT molecular complexity index is 967. The van der Waals surface area contributed by atoms with Crippen LogP contribution in [0.25, 0.3) is 0 Å². The first-order valence-corrected chi connectivity index (χ1v) is 9.59. The van der Waals surface area contributed by atoms with Crippen molar-refractivity contribution in [3.05, 3.63) is 48.6 Å². The summed E-state index contributed by atoms with van der Waals surface area (Å²) in [5.74, 6) is 0.439. The molecule has 3 heterocycles. The molecule has 2 atom stereocenters. The van der Waals surface area contributed by atoms with E-state index in [9.17, 15) is 14.4 Å². The van der Waals surface area contributed by atoms with Gasteiger partial charge in [0.15, 0.2) is 0 Å². The Labute approximate surface area is 154 Å². The zero-order chi connectivity index (χ0) is 18.6. The summed E-state index contributed by atoms with van der Waals surface area (Å²) < 4.78 is 0. The normalized spacial score (nSPS) is 22.2. The van der Waals surface area contributed by atoms with Crippen LogP contribution in [0, 0.1) is 11.3 Å². The number of nitrogens with one attached hydrogen (secondary N) is 4. The average molecular weight is 374 g/mol.